The fourth-order valence-electron chi connectivity index (χ4n) is 2.26. The summed E-state index contributed by atoms with van der Waals surface area (Å²) in [5, 5.41) is 19.4. The number of rotatable bonds is 4. The van der Waals surface area contributed by atoms with E-state index in [0.717, 1.165) is 5.56 Å². The van der Waals surface area contributed by atoms with Crippen LogP contribution in [0.5, 0.6) is 0 Å². The number of carboxylic acid groups (broad SMARTS) is 1. The molecule has 2 rings (SSSR count). The Hall–Kier alpha value is -1.14. The van der Waals surface area contributed by atoms with Crippen LogP contribution in [0.3, 0.4) is 0 Å². The molecule has 1 aliphatic heterocycles. The second kappa shape index (κ2) is 6.10. The number of aliphatic carboxylic acids is 1. The summed E-state index contributed by atoms with van der Waals surface area (Å²) in [4.78, 5) is 12.9. The van der Waals surface area contributed by atoms with Crippen molar-refractivity contribution >= 4 is 17.6 Å². The fraction of sp³-hybridized carbons (Fsp3) is 0.500. The van der Waals surface area contributed by atoms with Gasteiger partial charge >= 0.3 is 5.97 Å². The zero-order valence-electron chi connectivity index (χ0n) is 11.3. The van der Waals surface area contributed by atoms with Crippen molar-refractivity contribution < 1.29 is 19.7 Å². The van der Waals surface area contributed by atoms with Crippen molar-refractivity contribution in [3.05, 3.63) is 34.9 Å². The molecule has 0 aliphatic carbocycles. The monoisotopic (exact) mass is 299 g/mol. The molecule has 5 nitrogen and oxygen atoms in total. The normalized spacial score (nSPS) is 23.2. The average Bonchev–Trinajstić information content (AvgIpc) is 2.38. The van der Waals surface area contributed by atoms with E-state index in [9.17, 15) is 9.90 Å². The Morgan fingerprint density at radius 1 is 1.60 bits per heavy atom. The molecule has 0 spiro atoms. The Labute approximate surface area is 122 Å². The van der Waals surface area contributed by atoms with Crippen molar-refractivity contribution in [2.45, 2.75) is 18.6 Å². The summed E-state index contributed by atoms with van der Waals surface area (Å²) in [6, 6.07) is 7.41. The number of carboxylic acids is 1. The summed E-state index contributed by atoms with van der Waals surface area (Å²) in [5.41, 5.74) is -0.798. The number of carbonyl (C=O) groups is 1. The predicted octanol–water partition coefficient (Wildman–Crippen LogP) is 1.55. The van der Waals surface area contributed by atoms with E-state index < -0.39 is 11.6 Å². The second-order valence-corrected chi connectivity index (χ2v) is 5.66. The van der Waals surface area contributed by atoms with Crippen LogP contribution < -0.4 is 0 Å². The van der Waals surface area contributed by atoms with Gasteiger partial charge in [0, 0.05) is 24.7 Å². The van der Waals surface area contributed by atoms with Crippen molar-refractivity contribution in [2.24, 2.45) is 0 Å². The van der Waals surface area contributed by atoms with Gasteiger partial charge in [-0.3, -0.25) is 4.90 Å². The first-order chi connectivity index (χ1) is 9.38. The van der Waals surface area contributed by atoms with Crippen LogP contribution in [0.15, 0.2) is 24.3 Å². The van der Waals surface area contributed by atoms with E-state index >= 15 is 0 Å². The molecule has 1 saturated heterocycles. The minimum atomic E-state index is -1.75. The van der Waals surface area contributed by atoms with E-state index in [1.807, 2.05) is 23.1 Å². The molecule has 20 heavy (non-hydrogen) atoms. The summed E-state index contributed by atoms with van der Waals surface area (Å²) in [6.07, 6.45) is -0.160. The van der Waals surface area contributed by atoms with Gasteiger partial charge in [-0.2, -0.15) is 0 Å². The number of ether oxygens (including phenoxy) is 1. The molecular formula is C14H18ClNO4. The van der Waals surface area contributed by atoms with E-state index in [1.54, 1.807) is 6.07 Å². The number of aliphatic hydroxyl groups is 1. The van der Waals surface area contributed by atoms with Crippen LogP contribution in [0.2, 0.25) is 5.02 Å². The van der Waals surface area contributed by atoms with Crippen LogP contribution in [0.4, 0.5) is 0 Å². The number of nitrogens with zero attached hydrogens (tertiary/aromatic N) is 1. The zero-order chi connectivity index (χ0) is 14.8. The van der Waals surface area contributed by atoms with Gasteiger partial charge in [-0.15, -0.1) is 0 Å². The molecule has 1 aromatic rings. The van der Waals surface area contributed by atoms with Gasteiger partial charge < -0.3 is 14.9 Å². The molecule has 2 N–H and O–H groups in total. The van der Waals surface area contributed by atoms with Gasteiger partial charge in [-0.25, -0.2) is 4.79 Å². The van der Waals surface area contributed by atoms with Gasteiger partial charge in [0.2, 0.25) is 0 Å². The Morgan fingerprint density at radius 2 is 2.35 bits per heavy atom. The molecule has 2 atom stereocenters. The van der Waals surface area contributed by atoms with Gasteiger partial charge in [0.25, 0.3) is 0 Å². The molecule has 110 valence electrons. The number of halogens is 1. The fourth-order valence-corrected chi connectivity index (χ4v) is 2.46. The van der Waals surface area contributed by atoms with Gasteiger partial charge in [0.05, 0.1) is 12.7 Å². The SMILES string of the molecule is CC(O)(CN1CCOC(c2cccc(Cl)c2)C1)C(=O)O. The van der Waals surface area contributed by atoms with Gasteiger partial charge in [-0.1, -0.05) is 23.7 Å². The van der Waals surface area contributed by atoms with Crippen LogP contribution in [-0.4, -0.2) is 52.9 Å². The summed E-state index contributed by atoms with van der Waals surface area (Å²) in [7, 11) is 0. The van der Waals surface area contributed by atoms with Crippen LogP contribution in [0.25, 0.3) is 0 Å². The van der Waals surface area contributed by atoms with E-state index in [0.29, 0.717) is 24.7 Å². The summed E-state index contributed by atoms with van der Waals surface area (Å²) < 4.78 is 5.69. The molecule has 1 aliphatic rings. The summed E-state index contributed by atoms with van der Waals surface area (Å²) in [5.74, 6) is -1.22. The standard InChI is InChI=1S/C14H18ClNO4/c1-14(19,13(17)18)9-16-5-6-20-12(8-16)10-3-2-4-11(15)7-10/h2-4,7,12,19H,5-6,8-9H2,1H3,(H,17,18). The molecule has 1 aromatic carbocycles. The van der Waals surface area contributed by atoms with Crippen LogP contribution in [0, 0.1) is 0 Å². The van der Waals surface area contributed by atoms with E-state index in [-0.39, 0.29) is 12.6 Å². The molecule has 1 heterocycles. The molecule has 6 heteroatoms. The zero-order valence-corrected chi connectivity index (χ0v) is 12.0. The van der Waals surface area contributed by atoms with Crippen molar-refractivity contribution in [3.63, 3.8) is 0 Å². The number of hydrogen-bond acceptors (Lipinski definition) is 4. The first-order valence-electron chi connectivity index (χ1n) is 6.44. The maximum Gasteiger partial charge on any atom is 0.336 e. The molecule has 0 aromatic heterocycles. The van der Waals surface area contributed by atoms with Crippen LogP contribution in [0.1, 0.15) is 18.6 Å². The van der Waals surface area contributed by atoms with Crippen LogP contribution in [-0.2, 0) is 9.53 Å². The minimum Gasteiger partial charge on any atom is -0.479 e. The highest BCUT2D eigenvalue weighted by molar-refractivity contribution is 6.30. The number of benzene rings is 1. The van der Waals surface area contributed by atoms with E-state index in [4.69, 9.17) is 21.4 Å². The lowest BCUT2D eigenvalue weighted by Gasteiger charge is -2.36. The van der Waals surface area contributed by atoms with Crippen molar-refractivity contribution in [1.82, 2.24) is 4.90 Å². The average molecular weight is 300 g/mol. The maximum atomic E-state index is 11.0. The number of β-amino-alcohol motifs (C(OH)–C–C–N with tert-alkyl or cyclic N) is 1. The van der Waals surface area contributed by atoms with Gasteiger partial charge in [0.1, 0.15) is 0 Å². The molecule has 0 bridgehead atoms. The summed E-state index contributed by atoms with van der Waals surface area (Å²) in [6.45, 7) is 3.00. The first kappa shape index (κ1) is 15.3. The van der Waals surface area contributed by atoms with Gasteiger partial charge in [0.15, 0.2) is 5.60 Å². The molecule has 0 amide bonds. The summed E-state index contributed by atoms with van der Waals surface area (Å²) >= 11 is 5.96. The number of hydrogen-bond donors (Lipinski definition) is 2. The quantitative estimate of drug-likeness (QED) is 0.883. The topological polar surface area (TPSA) is 70.0 Å². The molecular weight excluding hydrogens is 282 g/mol. The lowest BCUT2D eigenvalue weighted by molar-refractivity contribution is -0.160. The Morgan fingerprint density at radius 3 is 3.00 bits per heavy atom. The third-order valence-electron chi connectivity index (χ3n) is 3.36. The lowest BCUT2D eigenvalue weighted by atomic mass is 10.0. The predicted molar refractivity (Wildman–Crippen MR) is 74.8 cm³/mol. The highest BCUT2D eigenvalue weighted by Gasteiger charge is 2.34. The van der Waals surface area contributed by atoms with E-state index in [2.05, 4.69) is 0 Å². The van der Waals surface area contributed by atoms with Gasteiger partial charge in [-0.05, 0) is 24.6 Å². The first-order valence-corrected chi connectivity index (χ1v) is 6.81. The molecule has 2 unspecified atom stereocenters. The lowest BCUT2D eigenvalue weighted by Crippen LogP contribution is -2.50. The smallest absolute Gasteiger partial charge is 0.336 e. The highest BCUT2D eigenvalue weighted by Crippen LogP contribution is 2.25. The third-order valence-corrected chi connectivity index (χ3v) is 3.60. The maximum absolute atomic E-state index is 11.0. The van der Waals surface area contributed by atoms with Crippen molar-refractivity contribution in [2.75, 3.05) is 26.2 Å². The van der Waals surface area contributed by atoms with Crippen molar-refractivity contribution in [3.8, 4) is 0 Å². The number of morpholine rings is 1. The molecule has 0 radical (unpaired) electrons. The van der Waals surface area contributed by atoms with Crippen molar-refractivity contribution in [1.29, 1.82) is 0 Å². The molecule has 1 fully saturated rings. The minimum absolute atomic E-state index is 0.0722. The Balaban J connectivity index is 2.04. The second-order valence-electron chi connectivity index (χ2n) is 5.23. The van der Waals surface area contributed by atoms with E-state index in [1.165, 1.54) is 6.92 Å². The Kier molecular flexibility index (Phi) is 4.65. The largest absolute Gasteiger partial charge is 0.479 e. The third kappa shape index (κ3) is 3.70. The molecule has 0 saturated carbocycles. The van der Waals surface area contributed by atoms with Crippen LogP contribution >= 0.6 is 11.6 Å². The highest BCUT2D eigenvalue weighted by atomic mass is 35.5. The Bertz CT molecular complexity index is 492.